The molecule has 0 amide bonds. The van der Waals surface area contributed by atoms with Gasteiger partial charge < -0.3 is 15.0 Å². The van der Waals surface area contributed by atoms with E-state index in [0.29, 0.717) is 30.6 Å². The van der Waals surface area contributed by atoms with Gasteiger partial charge in [-0.25, -0.2) is 4.98 Å². The Hall–Kier alpha value is -2.25. The Morgan fingerprint density at radius 3 is 2.90 bits per heavy atom. The summed E-state index contributed by atoms with van der Waals surface area (Å²) in [7, 11) is 0. The normalized spacial score (nSPS) is 10.8. The van der Waals surface area contributed by atoms with Crippen LogP contribution >= 0.6 is 11.3 Å². The van der Waals surface area contributed by atoms with Crippen molar-refractivity contribution in [2.24, 2.45) is 5.73 Å². The van der Waals surface area contributed by atoms with Crippen LogP contribution in [0, 0.1) is 0 Å². The summed E-state index contributed by atoms with van der Waals surface area (Å²) in [6, 6.07) is 7.59. The minimum Gasteiger partial charge on any atom is -0.493 e. The fraction of sp³-hybridized carbons (Fsp3) is 0.214. The monoisotopic (exact) mass is 302 g/mol. The Morgan fingerprint density at radius 2 is 2.14 bits per heavy atom. The van der Waals surface area contributed by atoms with E-state index in [1.54, 1.807) is 0 Å². The summed E-state index contributed by atoms with van der Waals surface area (Å²) in [4.78, 5) is 8.72. The maximum absolute atomic E-state index is 5.58. The van der Waals surface area contributed by atoms with Crippen LogP contribution in [-0.2, 0) is 6.54 Å². The Bertz CT molecular complexity index is 738. The van der Waals surface area contributed by atoms with Crippen LogP contribution in [0.3, 0.4) is 0 Å². The molecule has 108 valence electrons. The zero-order valence-corrected chi connectivity index (χ0v) is 12.3. The van der Waals surface area contributed by atoms with Gasteiger partial charge in [0.1, 0.15) is 16.5 Å². The van der Waals surface area contributed by atoms with Gasteiger partial charge in [0, 0.05) is 11.9 Å². The number of hydrogen-bond acceptors (Lipinski definition) is 7. The van der Waals surface area contributed by atoms with Crippen LogP contribution in [0.1, 0.15) is 11.9 Å². The molecule has 0 bridgehead atoms. The molecule has 0 saturated heterocycles. The first-order valence-corrected chi connectivity index (χ1v) is 7.40. The van der Waals surface area contributed by atoms with Crippen molar-refractivity contribution in [3.05, 3.63) is 34.7 Å². The van der Waals surface area contributed by atoms with E-state index in [9.17, 15) is 0 Å². The lowest BCUT2D eigenvalue weighted by Gasteiger charge is -2.05. The molecule has 0 radical (unpaired) electrons. The smallest absolute Gasteiger partial charge is 0.277 e. The molecule has 0 spiro atoms. The standard InChI is InChI=1S/C14H14N4O2S/c1-2-19-11-6-4-3-5-9(11)13-17-14(20-18-13)10-8-21-12(7-15)16-10/h3-6,8H,2,7,15H2,1H3. The molecule has 0 aliphatic rings. The van der Waals surface area contributed by atoms with Gasteiger partial charge >= 0.3 is 0 Å². The van der Waals surface area contributed by atoms with E-state index in [2.05, 4.69) is 15.1 Å². The molecule has 3 rings (SSSR count). The fourth-order valence-electron chi connectivity index (χ4n) is 1.87. The van der Waals surface area contributed by atoms with Gasteiger partial charge in [0.05, 0.1) is 12.2 Å². The third-order valence-corrected chi connectivity index (χ3v) is 3.67. The van der Waals surface area contributed by atoms with Gasteiger partial charge in [-0.05, 0) is 19.1 Å². The van der Waals surface area contributed by atoms with Gasteiger partial charge in [-0.2, -0.15) is 4.98 Å². The van der Waals surface area contributed by atoms with Crippen molar-refractivity contribution in [2.45, 2.75) is 13.5 Å². The summed E-state index contributed by atoms with van der Waals surface area (Å²) in [6.07, 6.45) is 0. The van der Waals surface area contributed by atoms with Crippen LogP contribution in [-0.4, -0.2) is 21.7 Å². The lowest BCUT2D eigenvalue weighted by atomic mass is 10.2. The zero-order valence-electron chi connectivity index (χ0n) is 11.4. The summed E-state index contributed by atoms with van der Waals surface area (Å²) >= 11 is 1.47. The second-order valence-electron chi connectivity index (χ2n) is 4.18. The molecule has 2 heterocycles. The maximum atomic E-state index is 5.58. The molecule has 0 aliphatic heterocycles. The van der Waals surface area contributed by atoms with Gasteiger partial charge in [0.15, 0.2) is 0 Å². The van der Waals surface area contributed by atoms with Crippen LogP contribution < -0.4 is 10.5 Å². The van der Waals surface area contributed by atoms with Gasteiger partial charge in [-0.3, -0.25) is 0 Å². The summed E-state index contributed by atoms with van der Waals surface area (Å²) in [5.74, 6) is 1.59. The van der Waals surface area contributed by atoms with Crippen molar-refractivity contribution in [1.82, 2.24) is 15.1 Å². The van der Waals surface area contributed by atoms with Crippen LogP contribution in [0.25, 0.3) is 23.0 Å². The van der Waals surface area contributed by atoms with Gasteiger partial charge in [-0.1, -0.05) is 17.3 Å². The van der Waals surface area contributed by atoms with Crippen LogP contribution in [0.15, 0.2) is 34.2 Å². The highest BCUT2D eigenvalue weighted by Gasteiger charge is 2.16. The van der Waals surface area contributed by atoms with E-state index >= 15 is 0 Å². The number of nitrogens with zero attached hydrogens (tertiary/aromatic N) is 3. The molecule has 0 fully saturated rings. The van der Waals surface area contributed by atoms with E-state index in [-0.39, 0.29) is 0 Å². The van der Waals surface area contributed by atoms with Crippen molar-refractivity contribution in [2.75, 3.05) is 6.61 Å². The third-order valence-electron chi connectivity index (χ3n) is 2.80. The predicted octanol–water partition coefficient (Wildman–Crippen LogP) is 2.72. The number of ether oxygens (including phenoxy) is 1. The topological polar surface area (TPSA) is 87.1 Å². The Morgan fingerprint density at radius 1 is 1.29 bits per heavy atom. The Balaban J connectivity index is 1.95. The highest BCUT2D eigenvalue weighted by atomic mass is 32.1. The van der Waals surface area contributed by atoms with Crippen LogP contribution in [0.5, 0.6) is 5.75 Å². The highest BCUT2D eigenvalue weighted by molar-refractivity contribution is 7.09. The van der Waals surface area contributed by atoms with E-state index in [1.165, 1.54) is 11.3 Å². The number of nitrogens with two attached hydrogens (primary N) is 1. The number of hydrogen-bond donors (Lipinski definition) is 1. The molecular formula is C14H14N4O2S. The first kappa shape index (κ1) is 13.7. The Kier molecular flexibility index (Phi) is 3.94. The van der Waals surface area contributed by atoms with Gasteiger partial charge in [0.25, 0.3) is 5.89 Å². The van der Waals surface area contributed by atoms with Crippen LogP contribution in [0.4, 0.5) is 0 Å². The molecule has 0 saturated carbocycles. The molecular weight excluding hydrogens is 288 g/mol. The van der Waals surface area contributed by atoms with Crippen LogP contribution in [0.2, 0.25) is 0 Å². The fourth-order valence-corrected chi connectivity index (χ4v) is 2.52. The summed E-state index contributed by atoms with van der Waals surface area (Å²) in [6.45, 7) is 2.91. The third kappa shape index (κ3) is 2.79. The second-order valence-corrected chi connectivity index (χ2v) is 5.13. The van der Waals surface area contributed by atoms with E-state index < -0.39 is 0 Å². The molecule has 2 N–H and O–H groups in total. The number of aromatic nitrogens is 3. The molecule has 7 heteroatoms. The molecule has 0 aliphatic carbocycles. The zero-order chi connectivity index (χ0) is 14.7. The largest absolute Gasteiger partial charge is 0.493 e. The van der Waals surface area contributed by atoms with E-state index in [1.807, 2.05) is 36.6 Å². The molecule has 0 atom stereocenters. The summed E-state index contributed by atoms with van der Waals surface area (Å²) in [5.41, 5.74) is 7.00. The molecule has 3 aromatic rings. The minimum atomic E-state index is 0.382. The molecule has 0 unspecified atom stereocenters. The van der Waals surface area contributed by atoms with Crippen molar-refractivity contribution >= 4 is 11.3 Å². The average Bonchev–Trinajstić information content (AvgIpc) is 3.17. The first-order valence-electron chi connectivity index (χ1n) is 6.52. The van der Waals surface area contributed by atoms with Crippen molar-refractivity contribution in [3.63, 3.8) is 0 Å². The lowest BCUT2D eigenvalue weighted by Crippen LogP contribution is -1.95. The van der Waals surface area contributed by atoms with E-state index in [4.69, 9.17) is 15.0 Å². The molecule has 6 nitrogen and oxygen atoms in total. The minimum absolute atomic E-state index is 0.382. The number of para-hydroxylation sites is 1. The van der Waals surface area contributed by atoms with Crippen molar-refractivity contribution in [1.29, 1.82) is 0 Å². The second kappa shape index (κ2) is 6.02. The molecule has 21 heavy (non-hydrogen) atoms. The van der Waals surface area contributed by atoms with Gasteiger partial charge in [0.2, 0.25) is 5.82 Å². The van der Waals surface area contributed by atoms with Gasteiger partial charge in [-0.15, -0.1) is 11.3 Å². The first-order chi connectivity index (χ1) is 10.3. The van der Waals surface area contributed by atoms with Crippen molar-refractivity contribution in [3.8, 4) is 28.7 Å². The Labute approximate surface area is 125 Å². The van der Waals surface area contributed by atoms with Crippen molar-refractivity contribution < 1.29 is 9.26 Å². The predicted molar refractivity (Wildman–Crippen MR) is 79.9 cm³/mol. The maximum Gasteiger partial charge on any atom is 0.277 e. The number of benzene rings is 1. The highest BCUT2D eigenvalue weighted by Crippen LogP contribution is 2.29. The summed E-state index contributed by atoms with van der Waals surface area (Å²) < 4.78 is 10.9. The quantitative estimate of drug-likeness (QED) is 0.779. The average molecular weight is 302 g/mol. The summed E-state index contributed by atoms with van der Waals surface area (Å²) in [5, 5.41) is 6.70. The number of thiazole rings is 1. The van der Waals surface area contributed by atoms with E-state index in [0.717, 1.165) is 16.3 Å². The lowest BCUT2D eigenvalue weighted by molar-refractivity contribution is 0.341. The SMILES string of the molecule is CCOc1ccccc1-c1noc(-c2csc(CN)n2)n1. The molecule has 1 aromatic carbocycles. The number of rotatable bonds is 5. The molecule has 2 aromatic heterocycles.